The molecule has 0 amide bonds. The van der Waals surface area contributed by atoms with Crippen molar-refractivity contribution >= 4 is 15.9 Å². The van der Waals surface area contributed by atoms with Crippen LogP contribution in [0.5, 0.6) is 5.75 Å². The number of halogens is 1. The van der Waals surface area contributed by atoms with E-state index in [2.05, 4.69) is 26.0 Å². The second-order valence-electron chi connectivity index (χ2n) is 2.71. The zero-order valence-corrected chi connectivity index (χ0v) is 9.36. The Bertz CT molecular complexity index is 361. The van der Waals surface area contributed by atoms with Gasteiger partial charge < -0.3 is 4.74 Å². The Balaban J connectivity index is 2.54. The third kappa shape index (κ3) is 3.28. The summed E-state index contributed by atoms with van der Waals surface area (Å²) < 4.78 is 6.43. The highest BCUT2D eigenvalue weighted by atomic mass is 79.9. The van der Waals surface area contributed by atoms with Crippen LogP contribution in [-0.4, -0.2) is 13.2 Å². The van der Waals surface area contributed by atoms with Gasteiger partial charge in [-0.1, -0.05) is 21.0 Å². The molecule has 0 aliphatic carbocycles. The largest absolute Gasteiger partial charge is 0.493 e. The molecule has 0 fully saturated rings. The van der Waals surface area contributed by atoms with Crippen LogP contribution in [0.4, 0.5) is 0 Å². The van der Waals surface area contributed by atoms with Crippen LogP contribution in [0.25, 0.3) is 10.4 Å². The fraction of sp³-hybridized carbons (Fsp3) is 0.333. The molecule has 0 spiro atoms. The minimum Gasteiger partial charge on any atom is -0.493 e. The van der Waals surface area contributed by atoms with Gasteiger partial charge in [-0.05, 0) is 36.2 Å². The van der Waals surface area contributed by atoms with Crippen molar-refractivity contribution < 1.29 is 4.74 Å². The van der Waals surface area contributed by atoms with Crippen LogP contribution in [0.2, 0.25) is 0 Å². The maximum atomic E-state index is 8.05. The van der Waals surface area contributed by atoms with E-state index in [1.807, 2.05) is 25.1 Å². The summed E-state index contributed by atoms with van der Waals surface area (Å²) in [4.78, 5) is 2.64. The highest BCUT2D eigenvalue weighted by molar-refractivity contribution is 9.10. The van der Waals surface area contributed by atoms with Gasteiger partial charge in [0.25, 0.3) is 0 Å². The summed E-state index contributed by atoms with van der Waals surface area (Å²) in [6.07, 6.45) is 0. The van der Waals surface area contributed by atoms with E-state index >= 15 is 0 Å². The zero-order chi connectivity index (χ0) is 10.4. The number of aryl methyl sites for hydroxylation is 1. The van der Waals surface area contributed by atoms with E-state index in [1.165, 1.54) is 0 Å². The van der Waals surface area contributed by atoms with E-state index < -0.39 is 0 Å². The van der Waals surface area contributed by atoms with Crippen molar-refractivity contribution in [3.63, 3.8) is 0 Å². The molecule has 0 aromatic heterocycles. The van der Waals surface area contributed by atoms with Gasteiger partial charge in [0.2, 0.25) is 0 Å². The van der Waals surface area contributed by atoms with Crippen molar-refractivity contribution in [3.8, 4) is 5.75 Å². The summed E-state index contributed by atoms with van der Waals surface area (Å²) >= 11 is 3.37. The quantitative estimate of drug-likeness (QED) is 0.352. The first-order valence-corrected chi connectivity index (χ1v) is 4.93. The molecule has 14 heavy (non-hydrogen) atoms. The van der Waals surface area contributed by atoms with Crippen LogP contribution in [0, 0.1) is 6.92 Å². The second kappa shape index (κ2) is 5.52. The standard InChI is InChI=1S/C9H10BrN3O/c1-7-6-8(10)2-3-9(7)14-5-4-12-13-11/h2-3,6H,4-5H2,1H3. The van der Waals surface area contributed by atoms with Crippen LogP contribution in [0.3, 0.4) is 0 Å². The molecule has 1 aromatic rings. The van der Waals surface area contributed by atoms with Crippen LogP contribution in [0.15, 0.2) is 27.8 Å². The molecule has 0 saturated carbocycles. The van der Waals surface area contributed by atoms with E-state index in [0.29, 0.717) is 13.2 Å². The predicted molar refractivity (Wildman–Crippen MR) is 58.4 cm³/mol. The second-order valence-corrected chi connectivity index (χ2v) is 3.63. The highest BCUT2D eigenvalue weighted by Crippen LogP contribution is 2.21. The lowest BCUT2D eigenvalue weighted by Crippen LogP contribution is -2.01. The first-order chi connectivity index (χ1) is 6.74. The average molecular weight is 256 g/mol. The third-order valence-electron chi connectivity index (χ3n) is 1.65. The van der Waals surface area contributed by atoms with Crippen molar-refractivity contribution in [1.82, 2.24) is 0 Å². The van der Waals surface area contributed by atoms with Crippen LogP contribution in [-0.2, 0) is 0 Å². The van der Waals surface area contributed by atoms with Crippen LogP contribution < -0.4 is 4.74 Å². The summed E-state index contributed by atoms with van der Waals surface area (Å²) in [6, 6.07) is 5.77. The van der Waals surface area contributed by atoms with Gasteiger partial charge in [0, 0.05) is 9.38 Å². The number of ether oxygens (including phenoxy) is 1. The van der Waals surface area contributed by atoms with Gasteiger partial charge in [-0.15, -0.1) is 0 Å². The fourth-order valence-corrected chi connectivity index (χ4v) is 1.49. The molecule has 4 nitrogen and oxygen atoms in total. The van der Waals surface area contributed by atoms with Gasteiger partial charge in [-0.25, -0.2) is 0 Å². The van der Waals surface area contributed by atoms with Crippen molar-refractivity contribution in [2.75, 3.05) is 13.2 Å². The Hall–Kier alpha value is -1.19. The summed E-state index contributed by atoms with van der Waals surface area (Å²) in [5, 5.41) is 3.38. The molecule has 0 unspecified atom stereocenters. The molecular formula is C9H10BrN3O. The first kappa shape index (κ1) is 10.9. The molecule has 0 heterocycles. The number of hydrogen-bond acceptors (Lipinski definition) is 2. The lowest BCUT2D eigenvalue weighted by Gasteiger charge is -2.07. The number of rotatable bonds is 4. The third-order valence-corrected chi connectivity index (χ3v) is 2.14. The van der Waals surface area contributed by atoms with Gasteiger partial charge in [0.15, 0.2) is 0 Å². The van der Waals surface area contributed by atoms with E-state index in [1.54, 1.807) is 0 Å². The number of nitrogens with zero attached hydrogens (tertiary/aromatic N) is 3. The van der Waals surface area contributed by atoms with Crippen molar-refractivity contribution in [3.05, 3.63) is 38.7 Å². The molecular weight excluding hydrogens is 246 g/mol. The van der Waals surface area contributed by atoms with E-state index in [4.69, 9.17) is 10.3 Å². The lowest BCUT2D eigenvalue weighted by molar-refractivity contribution is 0.326. The SMILES string of the molecule is Cc1cc(Br)ccc1OCCN=[N+]=[N-]. The van der Waals surface area contributed by atoms with E-state index in [9.17, 15) is 0 Å². The zero-order valence-electron chi connectivity index (χ0n) is 7.77. The summed E-state index contributed by atoms with van der Waals surface area (Å²) in [7, 11) is 0. The van der Waals surface area contributed by atoms with E-state index in [0.717, 1.165) is 15.8 Å². The molecule has 0 saturated heterocycles. The van der Waals surface area contributed by atoms with Crippen molar-refractivity contribution in [1.29, 1.82) is 0 Å². The predicted octanol–water partition coefficient (Wildman–Crippen LogP) is 3.45. The van der Waals surface area contributed by atoms with Crippen molar-refractivity contribution in [2.45, 2.75) is 6.92 Å². The molecule has 1 rings (SSSR count). The molecule has 1 aromatic carbocycles. The maximum absolute atomic E-state index is 8.05. The maximum Gasteiger partial charge on any atom is 0.122 e. The van der Waals surface area contributed by atoms with Gasteiger partial charge in [0.1, 0.15) is 5.75 Å². The molecule has 0 aliphatic rings. The molecule has 0 bridgehead atoms. The van der Waals surface area contributed by atoms with Gasteiger partial charge >= 0.3 is 0 Å². The highest BCUT2D eigenvalue weighted by Gasteiger charge is 1.98. The van der Waals surface area contributed by atoms with Gasteiger partial charge in [-0.2, -0.15) is 0 Å². The number of benzene rings is 1. The normalized spacial score (nSPS) is 9.29. The molecule has 0 radical (unpaired) electrons. The molecule has 5 heteroatoms. The minimum atomic E-state index is 0.353. The van der Waals surface area contributed by atoms with Crippen LogP contribution >= 0.6 is 15.9 Å². The van der Waals surface area contributed by atoms with Gasteiger partial charge in [0.05, 0.1) is 13.2 Å². The Kier molecular flexibility index (Phi) is 4.29. The summed E-state index contributed by atoms with van der Waals surface area (Å²) in [5.41, 5.74) is 9.11. The topological polar surface area (TPSA) is 58.0 Å². The Morgan fingerprint density at radius 3 is 3.00 bits per heavy atom. The fourth-order valence-electron chi connectivity index (χ4n) is 1.02. The Morgan fingerprint density at radius 1 is 1.57 bits per heavy atom. The smallest absolute Gasteiger partial charge is 0.122 e. The molecule has 0 atom stereocenters. The molecule has 0 N–H and O–H groups in total. The summed E-state index contributed by atoms with van der Waals surface area (Å²) in [5.74, 6) is 0.821. The Labute approximate surface area is 90.6 Å². The number of hydrogen-bond donors (Lipinski definition) is 0. The molecule has 0 aliphatic heterocycles. The molecule has 74 valence electrons. The van der Waals surface area contributed by atoms with Crippen LogP contribution in [0.1, 0.15) is 5.56 Å². The first-order valence-electron chi connectivity index (χ1n) is 4.14. The van der Waals surface area contributed by atoms with Gasteiger partial charge in [-0.3, -0.25) is 0 Å². The minimum absolute atomic E-state index is 0.353. The monoisotopic (exact) mass is 255 g/mol. The summed E-state index contributed by atoms with van der Waals surface area (Å²) in [6.45, 7) is 2.73. The lowest BCUT2D eigenvalue weighted by atomic mass is 10.2. The average Bonchev–Trinajstić information content (AvgIpc) is 2.15. The Morgan fingerprint density at radius 2 is 2.36 bits per heavy atom. The number of azide groups is 1. The van der Waals surface area contributed by atoms with Crippen molar-refractivity contribution in [2.24, 2.45) is 5.11 Å². The van der Waals surface area contributed by atoms with E-state index in [-0.39, 0.29) is 0 Å².